The Bertz CT molecular complexity index is 783. The van der Waals surface area contributed by atoms with Gasteiger partial charge >= 0.3 is 0 Å². The molecule has 0 radical (unpaired) electrons. The minimum atomic E-state index is 0.0837. The lowest BCUT2D eigenvalue weighted by molar-refractivity contribution is 0.0638. The van der Waals surface area contributed by atoms with E-state index >= 15 is 0 Å². The first-order valence-corrected chi connectivity index (χ1v) is 8.95. The molecule has 2 N–H and O–H groups in total. The van der Waals surface area contributed by atoms with Gasteiger partial charge in [0.05, 0.1) is 0 Å². The third-order valence-corrected chi connectivity index (χ3v) is 4.97. The first kappa shape index (κ1) is 16.7. The molecule has 0 unspecified atom stereocenters. The molecular formula is C20H23N3O3. The Labute approximate surface area is 153 Å². The van der Waals surface area contributed by atoms with E-state index in [1.54, 1.807) is 24.3 Å². The number of piperazine rings is 1. The summed E-state index contributed by atoms with van der Waals surface area (Å²) in [5, 5.41) is 0. The Balaban J connectivity index is 1.27. The van der Waals surface area contributed by atoms with E-state index in [1.165, 1.54) is 5.56 Å². The summed E-state index contributed by atoms with van der Waals surface area (Å²) < 4.78 is 10.8. The molecule has 2 aliphatic rings. The van der Waals surface area contributed by atoms with Gasteiger partial charge < -0.3 is 20.1 Å². The number of nitrogens with zero attached hydrogens (tertiary/aromatic N) is 2. The molecule has 2 aliphatic heterocycles. The maximum atomic E-state index is 12.5. The molecule has 6 heteroatoms. The monoisotopic (exact) mass is 353 g/mol. The Morgan fingerprint density at radius 1 is 0.962 bits per heavy atom. The Hall–Kier alpha value is -2.73. The topological polar surface area (TPSA) is 68.0 Å². The van der Waals surface area contributed by atoms with Crippen molar-refractivity contribution in [3.8, 4) is 11.5 Å². The van der Waals surface area contributed by atoms with E-state index < -0.39 is 0 Å². The molecule has 136 valence electrons. The lowest BCUT2D eigenvalue weighted by Gasteiger charge is -2.34. The zero-order valence-electron chi connectivity index (χ0n) is 14.7. The Morgan fingerprint density at radius 3 is 2.46 bits per heavy atom. The van der Waals surface area contributed by atoms with Gasteiger partial charge in [-0.2, -0.15) is 0 Å². The summed E-state index contributed by atoms with van der Waals surface area (Å²) in [6.07, 6.45) is 0.961. The van der Waals surface area contributed by atoms with Gasteiger partial charge in [0.1, 0.15) is 0 Å². The Kier molecular flexibility index (Phi) is 4.67. The van der Waals surface area contributed by atoms with Gasteiger partial charge in [-0.3, -0.25) is 9.69 Å². The number of ether oxygens (including phenoxy) is 2. The summed E-state index contributed by atoms with van der Waals surface area (Å²) in [7, 11) is 0. The second-order valence-corrected chi connectivity index (χ2v) is 6.69. The number of nitrogen functional groups attached to an aromatic ring is 1. The van der Waals surface area contributed by atoms with Crippen molar-refractivity contribution in [2.24, 2.45) is 0 Å². The highest BCUT2D eigenvalue weighted by Gasteiger charge is 2.22. The Morgan fingerprint density at radius 2 is 1.69 bits per heavy atom. The fraction of sp³-hybridized carbons (Fsp3) is 0.350. The number of rotatable bonds is 4. The first-order chi connectivity index (χ1) is 12.7. The van der Waals surface area contributed by atoms with Crippen LogP contribution < -0.4 is 15.2 Å². The first-order valence-electron chi connectivity index (χ1n) is 8.95. The summed E-state index contributed by atoms with van der Waals surface area (Å²) in [5.41, 5.74) is 8.31. The zero-order valence-corrected chi connectivity index (χ0v) is 14.7. The van der Waals surface area contributed by atoms with Crippen LogP contribution in [-0.4, -0.2) is 55.2 Å². The summed E-state index contributed by atoms with van der Waals surface area (Å²) in [4.78, 5) is 16.9. The molecule has 1 saturated heterocycles. The van der Waals surface area contributed by atoms with Crippen molar-refractivity contribution in [2.45, 2.75) is 6.42 Å². The number of fused-ring (bicyclic) bond motifs is 1. The number of hydrogen-bond donors (Lipinski definition) is 1. The van der Waals surface area contributed by atoms with Crippen molar-refractivity contribution < 1.29 is 14.3 Å². The normalized spacial score (nSPS) is 16.7. The lowest BCUT2D eigenvalue weighted by Crippen LogP contribution is -2.49. The minimum absolute atomic E-state index is 0.0837. The summed E-state index contributed by atoms with van der Waals surface area (Å²) >= 11 is 0. The number of nitrogens with two attached hydrogens (primary N) is 1. The molecule has 0 aromatic heterocycles. The quantitative estimate of drug-likeness (QED) is 0.852. The molecule has 26 heavy (non-hydrogen) atoms. The van der Waals surface area contributed by atoms with Crippen LogP contribution in [0.15, 0.2) is 42.5 Å². The van der Waals surface area contributed by atoms with Gasteiger partial charge in [-0.05, 0) is 48.4 Å². The molecule has 0 aliphatic carbocycles. The molecule has 0 atom stereocenters. The molecule has 0 saturated carbocycles. The number of benzene rings is 2. The zero-order chi connectivity index (χ0) is 17.9. The molecule has 2 aromatic rings. The van der Waals surface area contributed by atoms with Crippen LogP contribution in [0.2, 0.25) is 0 Å². The van der Waals surface area contributed by atoms with E-state index in [0.29, 0.717) is 18.0 Å². The van der Waals surface area contributed by atoms with Crippen molar-refractivity contribution in [3.63, 3.8) is 0 Å². The number of carbonyl (C=O) groups is 1. The molecular weight excluding hydrogens is 330 g/mol. The van der Waals surface area contributed by atoms with E-state index in [0.717, 1.165) is 50.6 Å². The lowest BCUT2D eigenvalue weighted by atomic mass is 10.1. The van der Waals surface area contributed by atoms with E-state index in [4.69, 9.17) is 15.2 Å². The van der Waals surface area contributed by atoms with Crippen LogP contribution in [0.4, 0.5) is 5.69 Å². The molecule has 1 amide bonds. The van der Waals surface area contributed by atoms with Gasteiger partial charge in [-0.1, -0.05) is 6.07 Å². The molecule has 1 fully saturated rings. The highest BCUT2D eigenvalue weighted by Crippen LogP contribution is 2.32. The molecule has 4 rings (SSSR count). The fourth-order valence-electron chi connectivity index (χ4n) is 3.37. The van der Waals surface area contributed by atoms with Crippen LogP contribution in [0.3, 0.4) is 0 Å². The van der Waals surface area contributed by atoms with Crippen LogP contribution in [0.25, 0.3) is 0 Å². The van der Waals surface area contributed by atoms with Gasteiger partial charge in [0.25, 0.3) is 5.91 Å². The largest absolute Gasteiger partial charge is 0.454 e. The van der Waals surface area contributed by atoms with Gasteiger partial charge in [-0.15, -0.1) is 0 Å². The molecule has 2 aromatic carbocycles. The maximum Gasteiger partial charge on any atom is 0.253 e. The van der Waals surface area contributed by atoms with Crippen LogP contribution in [0.1, 0.15) is 15.9 Å². The predicted molar refractivity (Wildman–Crippen MR) is 99.5 cm³/mol. The van der Waals surface area contributed by atoms with Crippen molar-refractivity contribution in [2.75, 3.05) is 45.3 Å². The fourth-order valence-corrected chi connectivity index (χ4v) is 3.37. The van der Waals surface area contributed by atoms with Crippen LogP contribution >= 0.6 is 0 Å². The highest BCUT2D eigenvalue weighted by molar-refractivity contribution is 5.94. The predicted octanol–water partition coefficient (Wildman–Crippen LogP) is 2.00. The maximum absolute atomic E-state index is 12.5. The molecule has 0 bridgehead atoms. The summed E-state index contributed by atoms with van der Waals surface area (Å²) in [6.45, 7) is 4.58. The van der Waals surface area contributed by atoms with Crippen LogP contribution in [0, 0.1) is 0 Å². The van der Waals surface area contributed by atoms with E-state index in [2.05, 4.69) is 17.0 Å². The van der Waals surface area contributed by atoms with Crippen molar-refractivity contribution in [3.05, 3.63) is 53.6 Å². The van der Waals surface area contributed by atoms with E-state index in [-0.39, 0.29) is 5.91 Å². The number of anilines is 1. The van der Waals surface area contributed by atoms with E-state index in [9.17, 15) is 4.79 Å². The standard InChI is InChI=1S/C20H23N3O3/c21-17-4-2-16(3-5-17)20(24)23-11-9-22(10-12-23)8-7-15-1-6-18-19(13-15)26-14-25-18/h1-6,13H,7-12,14,21H2. The third-order valence-electron chi connectivity index (χ3n) is 4.97. The second-order valence-electron chi connectivity index (χ2n) is 6.69. The summed E-state index contributed by atoms with van der Waals surface area (Å²) in [5.74, 6) is 1.74. The van der Waals surface area contributed by atoms with Crippen LogP contribution in [-0.2, 0) is 6.42 Å². The highest BCUT2D eigenvalue weighted by atomic mass is 16.7. The van der Waals surface area contributed by atoms with Crippen molar-refractivity contribution in [1.82, 2.24) is 9.80 Å². The summed E-state index contributed by atoms with van der Waals surface area (Å²) in [6, 6.07) is 13.3. The van der Waals surface area contributed by atoms with Gasteiger partial charge in [0.2, 0.25) is 6.79 Å². The SMILES string of the molecule is Nc1ccc(C(=O)N2CCN(CCc3ccc4c(c3)OCO4)CC2)cc1. The minimum Gasteiger partial charge on any atom is -0.454 e. The average Bonchev–Trinajstić information content (AvgIpc) is 3.15. The molecule has 2 heterocycles. The number of hydrogen-bond acceptors (Lipinski definition) is 5. The smallest absolute Gasteiger partial charge is 0.253 e. The van der Waals surface area contributed by atoms with E-state index in [1.807, 2.05) is 11.0 Å². The van der Waals surface area contributed by atoms with Gasteiger partial charge in [-0.25, -0.2) is 0 Å². The molecule has 0 spiro atoms. The second kappa shape index (κ2) is 7.25. The van der Waals surface area contributed by atoms with Crippen molar-refractivity contribution >= 4 is 11.6 Å². The third kappa shape index (κ3) is 3.60. The molecule has 6 nitrogen and oxygen atoms in total. The number of carbonyl (C=O) groups excluding carboxylic acids is 1. The van der Waals surface area contributed by atoms with Crippen molar-refractivity contribution in [1.29, 1.82) is 0 Å². The van der Waals surface area contributed by atoms with Gasteiger partial charge in [0.15, 0.2) is 11.5 Å². The number of amides is 1. The average molecular weight is 353 g/mol. The van der Waals surface area contributed by atoms with Gasteiger partial charge in [0, 0.05) is 44.0 Å². The van der Waals surface area contributed by atoms with Crippen LogP contribution in [0.5, 0.6) is 11.5 Å².